The molecule has 4 nitrogen and oxygen atoms in total. The van der Waals surface area contributed by atoms with Crippen LogP contribution in [0.4, 0.5) is 13.2 Å². The second-order valence-corrected chi connectivity index (χ2v) is 5.27. The van der Waals surface area contributed by atoms with Crippen LogP contribution in [-0.4, -0.2) is 34.7 Å². The highest BCUT2D eigenvalue weighted by Gasteiger charge is 2.34. The van der Waals surface area contributed by atoms with Crippen LogP contribution < -0.4 is 0 Å². The molecule has 1 amide bonds. The van der Waals surface area contributed by atoms with Gasteiger partial charge in [0.1, 0.15) is 11.9 Å². The third-order valence-electron chi connectivity index (χ3n) is 3.69. The van der Waals surface area contributed by atoms with Crippen LogP contribution in [0.3, 0.4) is 0 Å². The number of hydrogen-bond donors (Lipinski definition) is 1. The summed E-state index contributed by atoms with van der Waals surface area (Å²) in [7, 11) is 0. The Labute approximate surface area is 120 Å². The standard InChI is InChI=1S/C14H18F3NO3/c15-14(16,17)6-5-13(20)18-7-1-3-10(18)9-11(19)12-4-2-8-21-12/h2,4,8,10-11,19H,1,3,5-7,9H2. The first-order chi connectivity index (χ1) is 9.87. The average Bonchev–Trinajstić information content (AvgIpc) is 3.05. The van der Waals surface area contributed by atoms with Gasteiger partial charge in [-0.15, -0.1) is 0 Å². The molecule has 1 aromatic rings. The molecule has 1 aliphatic heterocycles. The minimum absolute atomic E-state index is 0.231. The van der Waals surface area contributed by atoms with E-state index in [1.807, 2.05) is 0 Å². The maximum Gasteiger partial charge on any atom is 0.389 e. The number of nitrogens with zero attached hydrogens (tertiary/aromatic N) is 1. The topological polar surface area (TPSA) is 53.7 Å². The normalized spacial score (nSPS) is 20.8. The summed E-state index contributed by atoms with van der Waals surface area (Å²) in [5.74, 6) is -0.0916. The summed E-state index contributed by atoms with van der Waals surface area (Å²) in [5, 5.41) is 10.0. The van der Waals surface area contributed by atoms with Crippen molar-refractivity contribution in [2.75, 3.05) is 6.54 Å². The van der Waals surface area contributed by atoms with Gasteiger partial charge in [0.05, 0.1) is 12.7 Å². The van der Waals surface area contributed by atoms with Crippen LogP contribution in [0.25, 0.3) is 0 Å². The zero-order valence-corrected chi connectivity index (χ0v) is 11.5. The quantitative estimate of drug-likeness (QED) is 0.909. The molecule has 2 atom stereocenters. The summed E-state index contributed by atoms with van der Waals surface area (Å²) in [6.07, 6.45) is -3.64. The summed E-state index contributed by atoms with van der Waals surface area (Å²) in [5.41, 5.74) is 0. The molecule has 0 spiro atoms. The number of alkyl halides is 3. The van der Waals surface area contributed by atoms with Crippen molar-refractivity contribution >= 4 is 5.91 Å². The van der Waals surface area contributed by atoms with Gasteiger partial charge in [-0.3, -0.25) is 4.79 Å². The van der Waals surface area contributed by atoms with Gasteiger partial charge in [-0.1, -0.05) is 0 Å². The van der Waals surface area contributed by atoms with Crippen molar-refractivity contribution in [3.8, 4) is 0 Å². The molecule has 0 aromatic carbocycles. The zero-order chi connectivity index (χ0) is 15.5. The molecular formula is C14H18F3NO3. The SMILES string of the molecule is O=C(CCC(F)(F)F)N1CCCC1CC(O)c1ccco1. The smallest absolute Gasteiger partial charge is 0.389 e. The molecule has 1 N–H and O–H groups in total. The number of aliphatic hydroxyl groups is 1. The van der Waals surface area contributed by atoms with Crippen molar-refractivity contribution in [1.82, 2.24) is 4.90 Å². The number of likely N-dealkylation sites (tertiary alicyclic amines) is 1. The second kappa shape index (κ2) is 6.51. The first-order valence-electron chi connectivity index (χ1n) is 6.94. The van der Waals surface area contributed by atoms with Gasteiger partial charge in [-0.05, 0) is 25.0 Å². The summed E-state index contributed by atoms with van der Waals surface area (Å²) >= 11 is 0. The summed E-state index contributed by atoms with van der Waals surface area (Å²) in [4.78, 5) is 13.3. The average molecular weight is 305 g/mol. The highest BCUT2D eigenvalue weighted by atomic mass is 19.4. The van der Waals surface area contributed by atoms with Gasteiger partial charge in [0.25, 0.3) is 0 Å². The molecule has 0 bridgehead atoms. The fraction of sp³-hybridized carbons (Fsp3) is 0.643. The Morgan fingerprint density at radius 1 is 1.52 bits per heavy atom. The molecule has 2 heterocycles. The fourth-order valence-electron chi connectivity index (χ4n) is 2.66. The van der Waals surface area contributed by atoms with Crippen LogP contribution >= 0.6 is 0 Å². The van der Waals surface area contributed by atoms with Crippen LogP contribution in [0.5, 0.6) is 0 Å². The Hall–Kier alpha value is -1.50. The molecule has 0 radical (unpaired) electrons. The largest absolute Gasteiger partial charge is 0.467 e. The predicted octanol–water partition coefficient (Wildman–Crippen LogP) is 3.04. The van der Waals surface area contributed by atoms with Crippen molar-refractivity contribution in [3.05, 3.63) is 24.2 Å². The second-order valence-electron chi connectivity index (χ2n) is 5.27. The van der Waals surface area contributed by atoms with E-state index < -0.39 is 31.0 Å². The maximum absolute atomic E-state index is 12.2. The van der Waals surface area contributed by atoms with Crippen LogP contribution in [0.15, 0.2) is 22.8 Å². The lowest BCUT2D eigenvalue weighted by atomic mass is 10.0. The number of amides is 1. The molecular weight excluding hydrogens is 287 g/mol. The number of aliphatic hydroxyl groups excluding tert-OH is 1. The van der Waals surface area contributed by atoms with Gasteiger partial charge < -0.3 is 14.4 Å². The van der Waals surface area contributed by atoms with Gasteiger partial charge in [0, 0.05) is 25.4 Å². The lowest BCUT2D eigenvalue weighted by Crippen LogP contribution is -2.36. The lowest BCUT2D eigenvalue weighted by molar-refractivity contribution is -0.149. The highest BCUT2D eigenvalue weighted by Crippen LogP contribution is 2.29. The first-order valence-corrected chi connectivity index (χ1v) is 6.94. The molecule has 1 fully saturated rings. The molecule has 1 saturated heterocycles. The Morgan fingerprint density at radius 2 is 2.29 bits per heavy atom. The van der Waals surface area contributed by atoms with Crippen molar-refractivity contribution in [2.24, 2.45) is 0 Å². The Morgan fingerprint density at radius 3 is 2.90 bits per heavy atom. The number of rotatable bonds is 5. The van der Waals surface area contributed by atoms with Gasteiger partial charge in [0.2, 0.25) is 5.91 Å². The van der Waals surface area contributed by atoms with Crippen LogP contribution in [-0.2, 0) is 4.79 Å². The molecule has 7 heteroatoms. The molecule has 2 unspecified atom stereocenters. The van der Waals surface area contributed by atoms with Crippen LogP contribution in [0, 0.1) is 0 Å². The molecule has 0 aliphatic carbocycles. The minimum atomic E-state index is -4.32. The van der Waals surface area contributed by atoms with E-state index in [9.17, 15) is 23.1 Å². The maximum atomic E-state index is 12.2. The number of carbonyl (C=O) groups is 1. The number of carbonyl (C=O) groups excluding carboxylic acids is 1. The van der Waals surface area contributed by atoms with Gasteiger partial charge in [0.15, 0.2) is 0 Å². The monoisotopic (exact) mass is 305 g/mol. The van der Waals surface area contributed by atoms with Crippen molar-refractivity contribution in [3.63, 3.8) is 0 Å². The molecule has 0 saturated carbocycles. The third kappa shape index (κ3) is 4.49. The number of furan rings is 1. The van der Waals surface area contributed by atoms with E-state index >= 15 is 0 Å². The zero-order valence-electron chi connectivity index (χ0n) is 11.5. The van der Waals surface area contributed by atoms with E-state index in [0.717, 1.165) is 6.42 Å². The molecule has 118 valence electrons. The molecule has 1 aromatic heterocycles. The van der Waals surface area contributed by atoms with Crippen LogP contribution in [0.1, 0.15) is 44.0 Å². The van der Waals surface area contributed by atoms with E-state index in [-0.39, 0.29) is 12.5 Å². The molecule has 2 rings (SSSR count). The van der Waals surface area contributed by atoms with E-state index in [0.29, 0.717) is 18.7 Å². The van der Waals surface area contributed by atoms with Crippen LogP contribution in [0.2, 0.25) is 0 Å². The lowest BCUT2D eigenvalue weighted by Gasteiger charge is -2.26. The first kappa shape index (κ1) is 15.9. The van der Waals surface area contributed by atoms with Gasteiger partial charge >= 0.3 is 6.18 Å². The minimum Gasteiger partial charge on any atom is -0.467 e. The van der Waals surface area contributed by atoms with Crippen molar-refractivity contribution < 1.29 is 27.5 Å². The van der Waals surface area contributed by atoms with Crippen molar-refractivity contribution in [2.45, 2.75) is 50.4 Å². The summed E-state index contributed by atoms with van der Waals surface area (Å²) in [6.45, 7) is 0.451. The number of halogens is 3. The number of hydrogen-bond acceptors (Lipinski definition) is 3. The van der Waals surface area contributed by atoms with E-state index in [2.05, 4.69) is 0 Å². The van der Waals surface area contributed by atoms with Gasteiger partial charge in [-0.2, -0.15) is 13.2 Å². The Balaban J connectivity index is 1.89. The Bertz CT molecular complexity index is 459. The third-order valence-corrected chi connectivity index (χ3v) is 3.69. The van der Waals surface area contributed by atoms with Crippen molar-refractivity contribution in [1.29, 1.82) is 0 Å². The predicted molar refractivity (Wildman–Crippen MR) is 68.3 cm³/mol. The fourth-order valence-corrected chi connectivity index (χ4v) is 2.66. The molecule has 1 aliphatic rings. The highest BCUT2D eigenvalue weighted by molar-refractivity contribution is 5.76. The Kier molecular flexibility index (Phi) is 4.92. The van der Waals surface area contributed by atoms with Gasteiger partial charge in [-0.25, -0.2) is 0 Å². The summed E-state index contributed by atoms with van der Waals surface area (Å²) in [6, 6.07) is 3.06. The van der Waals surface area contributed by atoms with E-state index in [4.69, 9.17) is 4.42 Å². The summed E-state index contributed by atoms with van der Waals surface area (Å²) < 4.78 is 41.6. The van der Waals surface area contributed by atoms with E-state index in [1.54, 1.807) is 12.1 Å². The van der Waals surface area contributed by atoms with E-state index in [1.165, 1.54) is 11.2 Å². The molecule has 21 heavy (non-hydrogen) atoms.